The molecule has 0 unspecified atom stereocenters. The molecule has 0 saturated carbocycles. The largest absolute Gasteiger partial charge is 0.466 e. The lowest BCUT2D eigenvalue weighted by Crippen LogP contribution is -2.13. The van der Waals surface area contributed by atoms with E-state index in [2.05, 4.69) is 27.7 Å². The van der Waals surface area contributed by atoms with Gasteiger partial charge in [-0.05, 0) is 37.8 Å². The van der Waals surface area contributed by atoms with Crippen molar-refractivity contribution in [2.75, 3.05) is 13.2 Å². The number of hydrogen-bond donors (Lipinski definition) is 1. The molecule has 0 spiro atoms. The quantitative estimate of drug-likeness (QED) is 0.870. The van der Waals surface area contributed by atoms with Gasteiger partial charge in [0.05, 0.1) is 6.26 Å². The third-order valence-corrected chi connectivity index (χ3v) is 2.03. The molecule has 3 heteroatoms. The summed E-state index contributed by atoms with van der Waals surface area (Å²) in [4.78, 5) is 0. The van der Waals surface area contributed by atoms with Gasteiger partial charge in [-0.3, -0.25) is 0 Å². The van der Waals surface area contributed by atoms with Crippen molar-refractivity contribution >= 4 is 0 Å². The van der Waals surface area contributed by atoms with Crippen LogP contribution in [0.3, 0.4) is 0 Å². The van der Waals surface area contributed by atoms with Gasteiger partial charge in [0.1, 0.15) is 11.4 Å². The Morgan fingerprint density at radius 2 is 1.67 bits per heavy atom. The zero-order valence-corrected chi connectivity index (χ0v) is 12.6. The summed E-state index contributed by atoms with van der Waals surface area (Å²) in [7, 11) is 0. The topological polar surface area (TPSA) is 42.6 Å². The van der Waals surface area contributed by atoms with Crippen molar-refractivity contribution in [1.82, 2.24) is 0 Å². The van der Waals surface area contributed by atoms with Gasteiger partial charge in [-0.15, -0.1) is 0 Å². The Bertz CT molecular complexity index is 273. The highest BCUT2D eigenvalue weighted by molar-refractivity contribution is 5.05. The molecule has 0 saturated heterocycles. The van der Waals surface area contributed by atoms with Crippen LogP contribution in [-0.2, 0) is 10.3 Å². The first-order valence-electron chi connectivity index (χ1n) is 6.57. The SMILES string of the molecule is CC(C)(O)c1ccco1.CC(C)COCC(C)C. The molecule has 0 aliphatic heterocycles. The molecule has 3 nitrogen and oxygen atoms in total. The van der Waals surface area contributed by atoms with Gasteiger partial charge in [-0.2, -0.15) is 0 Å². The molecule has 0 amide bonds. The van der Waals surface area contributed by atoms with Gasteiger partial charge in [0, 0.05) is 13.2 Å². The molecule has 0 fully saturated rings. The first-order valence-corrected chi connectivity index (χ1v) is 6.57. The summed E-state index contributed by atoms with van der Waals surface area (Å²) in [6, 6.07) is 3.51. The highest BCUT2D eigenvalue weighted by atomic mass is 16.5. The van der Waals surface area contributed by atoms with Gasteiger partial charge in [0.15, 0.2) is 0 Å². The van der Waals surface area contributed by atoms with Crippen molar-refractivity contribution < 1.29 is 14.3 Å². The standard InChI is InChI=1S/C8H18O.C7H10O2/c1-7(2)5-9-6-8(3)4;1-7(2,8)6-4-3-5-9-6/h7-8H,5-6H2,1-4H3;3-5,8H,1-2H3. The molecule has 0 aromatic carbocycles. The lowest BCUT2D eigenvalue weighted by Gasteiger charge is -2.12. The molecule has 1 aromatic heterocycles. The van der Waals surface area contributed by atoms with E-state index in [1.165, 1.54) is 0 Å². The van der Waals surface area contributed by atoms with Gasteiger partial charge in [-0.1, -0.05) is 27.7 Å². The summed E-state index contributed by atoms with van der Waals surface area (Å²) in [5.74, 6) is 1.94. The molecule has 1 N–H and O–H groups in total. The van der Waals surface area contributed by atoms with Gasteiger partial charge >= 0.3 is 0 Å². The number of rotatable bonds is 5. The molecule has 18 heavy (non-hydrogen) atoms. The maximum Gasteiger partial charge on any atom is 0.134 e. The van der Waals surface area contributed by atoms with E-state index in [-0.39, 0.29) is 0 Å². The molecule has 0 radical (unpaired) electrons. The van der Waals surface area contributed by atoms with Gasteiger partial charge in [0.25, 0.3) is 0 Å². The normalized spacial score (nSPS) is 11.6. The lowest BCUT2D eigenvalue weighted by molar-refractivity contribution is 0.0541. The van der Waals surface area contributed by atoms with Gasteiger partial charge < -0.3 is 14.3 Å². The number of furan rings is 1. The van der Waals surface area contributed by atoms with Gasteiger partial charge in [0.2, 0.25) is 0 Å². The maximum atomic E-state index is 9.28. The van der Waals surface area contributed by atoms with E-state index in [4.69, 9.17) is 9.15 Å². The lowest BCUT2D eigenvalue weighted by atomic mass is 10.1. The van der Waals surface area contributed by atoms with Crippen LogP contribution in [0.1, 0.15) is 47.3 Å². The molecule has 1 heterocycles. The summed E-state index contributed by atoms with van der Waals surface area (Å²) in [5.41, 5.74) is -0.844. The molecule has 0 atom stereocenters. The zero-order valence-electron chi connectivity index (χ0n) is 12.6. The fourth-order valence-corrected chi connectivity index (χ4v) is 1.17. The Hall–Kier alpha value is -0.800. The van der Waals surface area contributed by atoms with Crippen LogP contribution in [0.4, 0.5) is 0 Å². The van der Waals surface area contributed by atoms with E-state index < -0.39 is 5.60 Å². The van der Waals surface area contributed by atoms with E-state index in [1.54, 1.807) is 32.2 Å². The summed E-state index contributed by atoms with van der Waals surface area (Å²) < 4.78 is 10.3. The molecule has 1 aromatic rings. The monoisotopic (exact) mass is 256 g/mol. The fourth-order valence-electron chi connectivity index (χ4n) is 1.17. The van der Waals surface area contributed by atoms with Crippen LogP contribution < -0.4 is 0 Å². The molecular formula is C15H28O3. The molecule has 106 valence electrons. The minimum absolute atomic E-state index is 0.600. The van der Waals surface area contributed by atoms with Crippen LogP contribution in [0.5, 0.6) is 0 Å². The van der Waals surface area contributed by atoms with Crippen LogP contribution in [0.15, 0.2) is 22.8 Å². The summed E-state index contributed by atoms with van der Waals surface area (Å²) in [5, 5.41) is 9.28. The maximum absolute atomic E-state index is 9.28. The Kier molecular flexibility index (Phi) is 7.96. The predicted octanol–water partition coefficient (Wildman–Crippen LogP) is 3.82. The summed E-state index contributed by atoms with van der Waals surface area (Å²) in [6.45, 7) is 13.8. The number of ether oxygens (including phenoxy) is 1. The van der Waals surface area contributed by atoms with Gasteiger partial charge in [-0.25, -0.2) is 0 Å². The van der Waals surface area contributed by atoms with Crippen LogP contribution in [0, 0.1) is 11.8 Å². The first kappa shape index (κ1) is 17.2. The zero-order chi connectivity index (χ0) is 14.2. The van der Waals surface area contributed by atoms with E-state index in [0.717, 1.165) is 13.2 Å². The average Bonchev–Trinajstić information content (AvgIpc) is 2.68. The minimum atomic E-state index is -0.844. The second kappa shape index (κ2) is 8.33. The van der Waals surface area contributed by atoms with Crippen LogP contribution in [-0.4, -0.2) is 18.3 Å². The number of hydrogen-bond acceptors (Lipinski definition) is 3. The van der Waals surface area contributed by atoms with Crippen molar-refractivity contribution in [3.05, 3.63) is 24.2 Å². The van der Waals surface area contributed by atoms with Crippen LogP contribution >= 0.6 is 0 Å². The van der Waals surface area contributed by atoms with Crippen molar-refractivity contribution in [2.24, 2.45) is 11.8 Å². The second-order valence-corrected chi connectivity index (χ2v) is 5.86. The molecular weight excluding hydrogens is 228 g/mol. The van der Waals surface area contributed by atoms with Crippen LogP contribution in [0.2, 0.25) is 0 Å². The van der Waals surface area contributed by atoms with E-state index in [1.807, 2.05) is 0 Å². The second-order valence-electron chi connectivity index (χ2n) is 5.86. The van der Waals surface area contributed by atoms with Crippen LogP contribution in [0.25, 0.3) is 0 Å². The molecule has 0 aliphatic carbocycles. The highest BCUT2D eigenvalue weighted by Gasteiger charge is 2.17. The third-order valence-electron chi connectivity index (χ3n) is 2.03. The van der Waals surface area contributed by atoms with E-state index in [9.17, 15) is 5.11 Å². The van der Waals surface area contributed by atoms with Crippen molar-refractivity contribution in [2.45, 2.75) is 47.1 Å². The highest BCUT2D eigenvalue weighted by Crippen LogP contribution is 2.18. The van der Waals surface area contributed by atoms with Crippen molar-refractivity contribution in [1.29, 1.82) is 0 Å². The average molecular weight is 256 g/mol. The first-order chi connectivity index (χ1) is 8.23. The molecule has 0 bridgehead atoms. The van der Waals surface area contributed by atoms with Crippen molar-refractivity contribution in [3.63, 3.8) is 0 Å². The number of aliphatic hydroxyl groups is 1. The summed E-state index contributed by atoms with van der Waals surface area (Å²) >= 11 is 0. The van der Waals surface area contributed by atoms with Crippen molar-refractivity contribution in [3.8, 4) is 0 Å². The molecule has 1 rings (SSSR count). The predicted molar refractivity (Wildman–Crippen MR) is 74.4 cm³/mol. The van der Waals surface area contributed by atoms with E-state index >= 15 is 0 Å². The minimum Gasteiger partial charge on any atom is -0.466 e. The summed E-state index contributed by atoms with van der Waals surface area (Å²) in [6.07, 6.45) is 1.55. The smallest absolute Gasteiger partial charge is 0.134 e. The Balaban J connectivity index is 0.000000321. The van der Waals surface area contributed by atoms with E-state index in [0.29, 0.717) is 17.6 Å². The third kappa shape index (κ3) is 9.25. The Morgan fingerprint density at radius 1 is 1.17 bits per heavy atom. The molecule has 0 aliphatic rings. The fraction of sp³-hybridized carbons (Fsp3) is 0.733. The Morgan fingerprint density at radius 3 is 1.89 bits per heavy atom. The Labute approximate surface area is 111 Å².